The minimum atomic E-state index is -0.224. The molecule has 0 aliphatic rings. The van der Waals surface area contributed by atoms with Crippen LogP contribution in [0.3, 0.4) is 0 Å². The lowest BCUT2D eigenvalue weighted by Gasteiger charge is -2.07. The van der Waals surface area contributed by atoms with E-state index in [1.165, 1.54) is 0 Å². The van der Waals surface area contributed by atoms with Gasteiger partial charge < -0.3 is 5.32 Å². The number of carbonyl (C=O) groups is 1. The van der Waals surface area contributed by atoms with Crippen LogP contribution in [0.15, 0.2) is 28.7 Å². The predicted octanol–water partition coefficient (Wildman–Crippen LogP) is 3.75. The van der Waals surface area contributed by atoms with Crippen LogP contribution in [0.4, 0.5) is 5.69 Å². The summed E-state index contributed by atoms with van der Waals surface area (Å²) in [6.07, 6.45) is 0. The monoisotopic (exact) mass is 387 g/mol. The van der Waals surface area contributed by atoms with Crippen LogP contribution in [0.25, 0.3) is 11.3 Å². The molecular formula is C17H18BrN5O. The Bertz CT molecular complexity index is 925. The molecule has 0 spiro atoms. The minimum Gasteiger partial charge on any atom is -0.320 e. The van der Waals surface area contributed by atoms with Crippen molar-refractivity contribution < 1.29 is 4.79 Å². The molecule has 0 atom stereocenters. The van der Waals surface area contributed by atoms with Crippen LogP contribution in [0.1, 0.15) is 27.4 Å². The highest BCUT2D eigenvalue weighted by atomic mass is 79.9. The first-order valence-electron chi connectivity index (χ1n) is 7.50. The van der Waals surface area contributed by atoms with Crippen LogP contribution in [-0.4, -0.2) is 25.9 Å². The van der Waals surface area contributed by atoms with Gasteiger partial charge in [-0.15, -0.1) is 0 Å². The predicted molar refractivity (Wildman–Crippen MR) is 97.1 cm³/mol. The fraction of sp³-hybridized carbons (Fsp3) is 0.235. The van der Waals surface area contributed by atoms with Gasteiger partial charge in [0.2, 0.25) is 0 Å². The van der Waals surface area contributed by atoms with Crippen LogP contribution in [0.5, 0.6) is 0 Å². The number of hydrogen-bond acceptors (Lipinski definition) is 3. The van der Waals surface area contributed by atoms with Gasteiger partial charge in [-0.2, -0.15) is 10.2 Å². The maximum absolute atomic E-state index is 12.5. The van der Waals surface area contributed by atoms with Crippen molar-refractivity contribution in [3.63, 3.8) is 0 Å². The molecule has 0 saturated heterocycles. The SMILES string of the molecule is Cc1cc(Br)ccc1NC(=O)c1cc(-c2c(C)nn(C)c2C)n[nH]1. The minimum absolute atomic E-state index is 0.224. The van der Waals surface area contributed by atoms with E-state index in [0.29, 0.717) is 5.69 Å². The van der Waals surface area contributed by atoms with Crippen molar-refractivity contribution in [2.45, 2.75) is 20.8 Å². The largest absolute Gasteiger partial charge is 0.320 e. The summed E-state index contributed by atoms with van der Waals surface area (Å²) in [4.78, 5) is 12.5. The summed E-state index contributed by atoms with van der Waals surface area (Å²) >= 11 is 3.42. The molecule has 2 aromatic heterocycles. The van der Waals surface area contributed by atoms with Crippen molar-refractivity contribution in [3.05, 3.63) is 51.4 Å². The smallest absolute Gasteiger partial charge is 0.273 e. The molecule has 7 heteroatoms. The molecule has 0 aliphatic heterocycles. The number of nitrogens with one attached hydrogen (secondary N) is 2. The van der Waals surface area contributed by atoms with Crippen molar-refractivity contribution in [3.8, 4) is 11.3 Å². The van der Waals surface area contributed by atoms with Gasteiger partial charge in [-0.25, -0.2) is 0 Å². The number of rotatable bonds is 3. The number of halogens is 1. The van der Waals surface area contributed by atoms with E-state index in [2.05, 4.69) is 36.5 Å². The Labute approximate surface area is 148 Å². The molecule has 6 nitrogen and oxygen atoms in total. The molecule has 0 bridgehead atoms. The van der Waals surface area contributed by atoms with Crippen LogP contribution in [-0.2, 0) is 7.05 Å². The third-order valence-electron chi connectivity index (χ3n) is 4.02. The van der Waals surface area contributed by atoms with E-state index in [-0.39, 0.29) is 5.91 Å². The number of benzene rings is 1. The summed E-state index contributed by atoms with van der Waals surface area (Å²) in [7, 11) is 1.89. The molecule has 1 amide bonds. The fourth-order valence-corrected chi connectivity index (χ4v) is 3.14. The maximum atomic E-state index is 12.5. The standard InChI is InChI=1S/C17H18BrN5O/c1-9-7-12(18)5-6-13(9)19-17(24)15-8-14(20-21-15)16-10(2)22-23(4)11(16)3/h5-8H,1-4H3,(H,19,24)(H,20,21). The number of amides is 1. The number of carbonyl (C=O) groups excluding carboxylic acids is 1. The molecule has 0 unspecified atom stereocenters. The van der Waals surface area contributed by atoms with E-state index in [9.17, 15) is 4.79 Å². The summed E-state index contributed by atoms with van der Waals surface area (Å²) in [5.41, 5.74) is 5.73. The molecule has 2 heterocycles. The van der Waals surface area contributed by atoms with E-state index in [1.54, 1.807) is 6.07 Å². The highest BCUT2D eigenvalue weighted by Crippen LogP contribution is 2.26. The number of hydrogen-bond donors (Lipinski definition) is 2. The van der Waals surface area contributed by atoms with Gasteiger partial charge in [-0.05, 0) is 50.6 Å². The molecule has 3 rings (SSSR count). The van der Waals surface area contributed by atoms with Crippen molar-refractivity contribution in [2.24, 2.45) is 7.05 Å². The van der Waals surface area contributed by atoms with Crippen LogP contribution in [0.2, 0.25) is 0 Å². The zero-order valence-corrected chi connectivity index (χ0v) is 15.5. The van der Waals surface area contributed by atoms with Gasteiger partial charge in [-0.3, -0.25) is 14.6 Å². The van der Waals surface area contributed by atoms with Gasteiger partial charge in [0.1, 0.15) is 5.69 Å². The summed E-state index contributed by atoms with van der Waals surface area (Å²) in [6.45, 7) is 5.86. The van der Waals surface area contributed by atoms with E-state index < -0.39 is 0 Å². The second-order valence-corrected chi connectivity index (χ2v) is 6.67. The van der Waals surface area contributed by atoms with Gasteiger partial charge in [0.15, 0.2) is 0 Å². The maximum Gasteiger partial charge on any atom is 0.273 e. The number of aromatic nitrogens is 4. The van der Waals surface area contributed by atoms with Crippen molar-refractivity contribution >= 4 is 27.5 Å². The summed E-state index contributed by atoms with van der Waals surface area (Å²) in [5, 5.41) is 14.4. The molecule has 24 heavy (non-hydrogen) atoms. The number of nitrogens with zero attached hydrogens (tertiary/aromatic N) is 3. The second-order valence-electron chi connectivity index (χ2n) is 5.75. The number of aryl methyl sites for hydroxylation is 3. The highest BCUT2D eigenvalue weighted by molar-refractivity contribution is 9.10. The van der Waals surface area contributed by atoms with Crippen LogP contribution in [0, 0.1) is 20.8 Å². The fourth-order valence-electron chi connectivity index (χ4n) is 2.67. The number of H-pyrrole nitrogens is 1. The van der Waals surface area contributed by atoms with Gasteiger partial charge in [-0.1, -0.05) is 15.9 Å². The first-order chi connectivity index (χ1) is 11.4. The summed E-state index contributed by atoms with van der Waals surface area (Å²) < 4.78 is 2.79. The third-order valence-corrected chi connectivity index (χ3v) is 4.52. The van der Waals surface area contributed by atoms with E-state index in [4.69, 9.17) is 0 Å². The van der Waals surface area contributed by atoms with Gasteiger partial charge >= 0.3 is 0 Å². The van der Waals surface area contributed by atoms with Crippen molar-refractivity contribution in [2.75, 3.05) is 5.32 Å². The van der Waals surface area contributed by atoms with Crippen LogP contribution < -0.4 is 5.32 Å². The lowest BCUT2D eigenvalue weighted by Crippen LogP contribution is -2.13. The van der Waals surface area contributed by atoms with E-state index >= 15 is 0 Å². The van der Waals surface area contributed by atoms with Crippen LogP contribution >= 0.6 is 15.9 Å². The lowest BCUT2D eigenvalue weighted by molar-refractivity contribution is 0.102. The first-order valence-corrected chi connectivity index (χ1v) is 8.29. The van der Waals surface area contributed by atoms with Gasteiger partial charge in [0.25, 0.3) is 5.91 Å². The Kier molecular flexibility index (Phi) is 4.28. The normalized spacial score (nSPS) is 10.9. The number of anilines is 1. The quantitative estimate of drug-likeness (QED) is 0.718. The molecule has 124 valence electrons. The molecule has 2 N–H and O–H groups in total. The zero-order chi connectivity index (χ0) is 17.4. The Balaban J connectivity index is 1.86. The first kappa shape index (κ1) is 16.4. The molecule has 0 radical (unpaired) electrons. The average Bonchev–Trinajstić information content (AvgIpc) is 3.08. The topological polar surface area (TPSA) is 75.6 Å². The Hall–Kier alpha value is -2.41. The van der Waals surface area contributed by atoms with Gasteiger partial charge in [0.05, 0.1) is 11.4 Å². The van der Waals surface area contributed by atoms with E-state index in [0.717, 1.165) is 38.4 Å². The Morgan fingerprint density at radius 1 is 1.25 bits per heavy atom. The Morgan fingerprint density at radius 2 is 2.00 bits per heavy atom. The van der Waals surface area contributed by atoms with Crippen molar-refractivity contribution in [1.29, 1.82) is 0 Å². The van der Waals surface area contributed by atoms with E-state index in [1.807, 2.05) is 50.7 Å². The summed E-state index contributed by atoms with van der Waals surface area (Å²) in [6, 6.07) is 7.46. The molecular weight excluding hydrogens is 370 g/mol. The molecule has 3 aromatic rings. The lowest BCUT2D eigenvalue weighted by atomic mass is 10.1. The highest BCUT2D eigenvalue weighted by Gasteiger charge is 2.17. The second kappa shape index (κ2) is 6.24. The molecule has 0 fully saturated rings. The average molecular weight is 388 g/mol. The third kappa shape index (κ3) is 2.99. The molecule has 1 aromatic carbocycles. The Morgan fingerprint density at radius 3 is 2.62 bits per heavy atom. The van der Waals surface area contributed by atoms with Gasteiger partial charge in [0, 0.05) is 28.5 Å². The zero-order valence-electron chi connectivity index (χ0n) is 13.9. The molecule has 0 aliphatic carbocycles. The summed E-state index contributed by atoms with van der Waals surface area (Å²) in [5.74, 6) is -0.224. The molecule has 0 saturated carbocycles. The van der Waals surface area contributed by atoms with Crippen molar-refractivity contribution in [1.82, 2.24) is 20.0 Å². The number of aromatic amines is 1.